The first kappa shape index (κ1) is 22.5. The molecule has 0 rings (SSSR count). The van der Waals surface area contributed by atoms with E-state index < -0.39 is 0 Å². The second-order valence-corrected chi connectivity index (χ2v) is 6.18. The highest BCUT2D eigenvalue weighted by atomic mass is 14.0. The minimum absolute atomic E-state index is 1.21. The second-order valence-electron chi connectivity index (χ2n) is 6.18. The van der Waals surface area contributed by atoms with Crippen molar-refractivity contribution in [3.05, 3.63) is 66.5 Å². The summed E-state index contributed by atoms with van der Waals surface area (Å²) in [5, 5.41) is 0. The molecule has 0 aliphatic heterocycles. The summed E-state index contributed by atoms with van der Waals surface area (Å²) < 4.78 is 0. The van der Waals surface area contributed by atoms with Gasteiger partial charge in [-0.2, -0.15) is 0 Å². The molecule has 0 aromatic heterocycles. The van der Waals surface area contributed by atoms with Gasteiger partial charge in [0.2, 0.25) is 0 Å². The Bertz CT molecular complexity index is 411. The Morgan fingerprint density at radius 2 is 1.08 bits per heavy atom. The van der Waals surface area contributed by atoms with Crippen LogP contribution in [0, 0.1) is 0 Å². The van der Waals surface area contributed by atoms with Crippen LogP contribution >= 0.6 is 0 Å². The van der Waals surface area contributed by atoms with Gasteiger partial charge in [-0.15, -0.1) is 5.73 Å². The van der Waals surface area contributed by atoms with Gasteiger partial charge in [0.15, 0.2) is 0 Å². The number of hydrogen-bond donors (Lipinski definition) is 0. The summed E-state index contributed by atoms with van der Waals surface area (Å²) in [4.78, 5) is 0. The molecule has 0 bridgehead atoms. The molecule has 0 heteroatoms. The monoisotopic (exact) mass is 326 g/mol. The predicted octanol–water partition coefficient (Wildman–Crippen LogP) is 8.25. The molecular weight excluding hydrogens is 288 g/mol. The van der Waals surface area contributed by atoms with E-state index in [2.05, 4.69) is 37.0 Å². The Morgan fingerprint density at radius 3 is 1.67 bits per heavy atom. The lowest BCUT2D eigenvalue weighted by atomic mass is 10.1. The molecular formula is C24H38. The summed E-state index contributed by atoms with van der Waals surface area (Å²) in [6, 6.07) is 0. The first-order valence-corrected chi connectivity index (χ1v) is 9.94. The summed E-state index contributed by atoms with van der Waals surface area (Å²) in [5.74, 6) is 0. The highest BCUT2D eigenvalue weighted by molar-refractivity contribution is 5.17. The Kier molecular flexibility index (Phi) is 20.1. The van der Waals surface area contributed by atoms with E-state index in [1.165, 1.54) is 70.6 Å². The summed E-state index contributed by atoms with van der Waals surface area (Å²) in [6.07, 6.45) is 35.8. The smallest absolute Gasteiger partial charge is 0.0203 e. The van der Waals surface area contributed by atoms with Gasteiger partial charge in [-0.3, -0.25) is 0 Å². The highest BCUT2D eigenvalue weighted by Crippen LogP contribution is 2.11. The van der Waals surface area contributed by atoms with Gasteiger partial charge in [-0.05, 0) is 31.9 Å². The number of allylic oxidation sites excluding steroid dienone is 9. The van der Waals surface area contributed by atoms with Gasteiger partial charge in [-0.1, -0.05) is 113 Å². The van der Waals surface area contributed by atoms with E-state index >= 15 is 0 Å². The number of unbranched alkanes of at least 4 members (excludes halogenated alkanes) is 10. The molecule has 0 aliphatic carbocycles. The van der Waals surface area contributed by atoms with Crippen molar-refractivity contribution in [1.29, 1.82) is 0 Å². The Hall–Kier alpha value is -1.52. The maximum atomic E-state index is 3.01. The van der Waals surface area contributed by atoms with Crippen LogP contribution < -0.4 is 0 Å². The van der Waals surface area contributed by atoms with Crippen LogP contribution in [-0.4, -0.2) is 0 Å². The fourth-order valence-electron chi connectivity index (χ4n) is 2.45. The molecule has 0 aromatic rings. The fourth-order valence-corrected chi connectivity index (χ4v) is 2.45. The van der Waals surface area contributed by atoms with Crippen molar-refractivity contribution in [3.63, 3.8) is 0 Å². The van der Waals surface area contributed by atoms with Gasteiger partial charge in [-0.25, -0.2) is 0 Å². The molecule has 0 saturated carbocycles. The summed E-state index contributed by atoms with van der Waals surface area (Å²) in [5.41, 5.74) is 3.01. The zero-order valence-corrected chi connectivity index (χ0v) is 16.1. The first-order valence-electron chi connectivity index (χ1n) is 9.94. The third-order valence-corrected chi connectivity index (χ3v) is 3.89. The van der Waals surface area contributed by atoms with Crippen molar-refractivity contribution in [2.75, 3.05) is 0 Å². The van der Waals surface area contributed by atoms with E-state index in [4.69, 9.17) is 0 Å². The van der Waals surface area contributed by atoms with Crippen molar-refractivity contribution < 1.29 is 0 Å². The van der Waals surface area contributed by atoms with Crippen LogP contribution in [0.15, 0.2) is 66.5 Å². The summed E-state index contributed by atoms with van der Waals surface area (Å²) in [7, 11) is 0. The van der Waals surface area contributed by atoms with Gasteiger partial charge in [0.1, 0.15) is 0 Å². The van der Waals surface area contributed by atoms with Crippen molar-refractivity contribution in [1.82, 2.24) is 0 Å². The average Bonchev–Trinajstić information content (AvgIpc) is 2.60. The molecule has 0 spiro atoms. The van der Waals surface area contributed by atoms with Crippen molar-refractivity contribution >= 4 is 0 Å². The molecule has 0 amide bonds. The average molecular weight is 327 g/mol. The van der Waals surface area contributed by atoms with Crippen LogP contribution in [-0.2, 0) is 0 Å². The predicted molar refractivity (Wildman–Crippen MR) is 111 cm³/mol. The van der Waals surface area contributed by atoms with Crippen LogP contribution in [0.4, 0.5) is 0 Å². The summed E-state index contributed by atoms with van der Waals surface area (Å²) >= 11 is 0. The van der Waals surface area contributed by atoms with E-state index in [0.29, 0.717) is 0 Å². The van der Waals surface area contributed by atoms with Gasteiger partial charge in [0.05, 0.1) is 0 Å². The van der Waals surface area contributed by atoms with Crippen molar-refractivity contribution in [3.8, 4) is 0 Å². The molecule has 0 N–H and O–H groups in total. The second kappa shape index (κ2) is 21.5. The van der Waals surface area contributed by atoms with E-state index in [9.17, 15) is 0 Å². The van der Waals surface area contributed by atoms with E-state index in [1.807, 2.05) is 43.4 Å². The molecule has 24 heavy (non-hydrogen) atoms. The fraction of sp³-hybridized carbons (Fsp3) is 0.542. The summed E-state index contributed by atoms with van der Waals surface area (Å²) in [6.45, 7) is 4.24. The molecule has 134 valence electrons. The van der Waals surface area contributed by atoms with Crippen LogP contribution in [0.5, 0.6) is 0 Å². The van der Waals surface area contributed by atoms with Gasteiger partial charge >= 0.3 is 0 Å². The van der Waals surface area contributed by atoms with Crippen LogP contribution in [0.1, 0.15) is 84.5 Å². The Labute approximate surface area is 151 Å². The van der Waals surface area contributed by atoms with Crippen LogP contribution in [0.2, 0.25) is 0 Å². The largest absolute Gasteiger partial charge is 0.125 e. The van der Waals surface area contributed by atoms with E-state index in [0.717, 1.165) is 0 Å². The molecule has 0 aliphatic rings. The Balaban J connectivity index is 3.37. The maximum absolute atomic E-state index is 3.01. The third kappa shape index (κ3) is 20.5. The zero-order valence-electron chi connectivity index (χ0n) is 16.1. The normalized spacial score (nSPS) is 11.9. The molecule has 0 radical (unpaired) electrons. The lowest BCUT2D eigenvalue weighted by Gasteiger charge is -2.01. The zero-order chi connectivity index (χ0) is 17.6. The quantitative estimate of drug-likeness (QED) is 0.161. The molecule has 0 saturated heterocycles. The van der Waals surface area contributed by atoms with Gasteiger partial charge < -0.3 is 0 Å². The topological polar surface area (TPSA) is 0 Å². The highest BCUT2D eigenvalue weighted by Gasteiger charge is 1.91. The standard InChI is InChI=1S/C24H38/c1-3-5-7-9-11-13-15-17-19-21-23-24-22-20-18-16-14-12-10-8-6-4-2/h3,7,9,11,13,15,17,19,21,23H,4,6,8,10,12,14,16,18,20,22,24H2,1-2H3/b11-9+,15-13+,19-17+,23-21+. The minimum atomic E-state index is 1.21. The molecule has 0 fully saturated rings. The van der Waals surface area contributed by atoms with Crippen molar-refractivity contribution in [2.45, 2.75) is 84.5 Å². The number of hydrogen-bond acceptors (Lipinski definition) is 0. The van der Waals surface area contributed by atoms with E-state index in [-0.39, 0.29) is 0 Å². The molecule has 0 nitrogen and oxygen atoms in total. The first-order chi connectivity index (χ1) is 11.9. The van der Waals surface area contributed by atoms with Gasteiger partial charge in [0.25, 0.3) is 0 Å². The lowest BCUT2D eigenvalue weighted by molar-refractivity contribution is 0.557. The molecule has 0 heterocycles. The molecule has 0 aromatic carbocycles. The minimum Gasteiger partial charge on any atom is -0.125 e. The van der Waals surface area contributed by atoms with E-state index in [1.54, 1.807) is 0 Å². The lowest BCUT2D eigenvalue weighted by Crippen LogP contribution is -1.81. The van der Waals surface area contributed by atoms with Crippen LogP contribution in [0.3, 0.4) is 0 Å². The SMILES string of the molecule is CC=C=C/C=C/C=C/C=C/C=C/CCCCCCCCCCCC. The van der Waals surface area contributed by atoms with Crippen LogP contribution in [0.25, 0.3) is 0 Å². The van der Waals surface area contributed by atoms with Crippen molar-refractivity contribution in [2.24, 2.45) is 0 Å². The number of rotatable bonds is 15. The van der Waals surface area contributed by atoms with Gasteiger partial charge in [0, 0.05) is 0 Å². The molecule has 0 unspecified atom stereocenters. The maximum Gasteiger partial charge on any atom is -0.0203 e. The Morgan fingerprint density at radius 1 is 0.583 bits per heavy atom. The third-order valence-electron chi connectivity index (χ3n) is 3.89. The molecule has 0 atom stereocenters.